The SMILES string of the molecule is CN1CC2=C(C1=O)[C@H](c1ccc(OCc3ccccc3)cc1)NC(=O)N2. The van der Waals surface area contributed by atoms with Crippen molar-refractivity contribution >= 4 is 11.9 Å². The smallest absolute Gasteiger partial charge is 0.319 e. The molecule has 2 aromatic rings. The molecule has 3 amide bonds. The Kier molecular flexibility index (Phi) is 4.08. The minimum Gasteiger partial charge on any atom is -0.489 e. The van der Waals surface area contributed by atoms with Gasteiger partial charge in [0, 0.05) is 7.05 Å². The zero-order valence-corrected chi connectivity index (χ0v) is 14.4. The maximum absolute atomic E-state index is 12.4. The molecule has 0 unspecified atom stereocenters. The molecule has 2 aliphatic rings. The molecule has 2 heterocycles. The number of likely N-dealkylation sites (N-methyl/N-ethyl adjacent to an activating group) is 1. The number of ether oxygens (including phenoxy) is 1. The van der Waals surface area contributed by atoms with E-state index in [9.17, 15) is 9.59 Å². The Balaban J connectivity index is 1.52. The number of urea groups is 1. The molecular weight excluding hydrogens is 330 g/mol. The van der Waals surface area contributed by atoms with Crippen LogP contribution in [-0.4, -0.2) is 30.4 Å². The lowest BCUT2D eigenvalue weighted by Gasteiger charge is -2.25. The van der Waals surface area contributed by atoms with E-state index in [2.05, 4.69) is 10.6 Å². The first kappa shape index (κ1) is 16.2. The van der Waals surface area contributed by atoms with Crippen LogP contribution in [0.4, 0.5) is 4.79 Å². The molecule has 0 radical (unpaired) electrons. The number of hydrogen-bond donors (Lipinski definition) is 2. The van der Waals surface area contributed by atoms with Crippen LogP contribution in [0.1, 0.15) is 17.2 Å². The quantitative estimate of drug-likeness (QED) is 0.890. The number of nitrogens with one attached hydrogen (secondary N) is 2. The third-order valence-corrected chi connectivity index (χ3v) is 4.59. The largest absolute Gasteiger partial charge is 0.489 e. The van der Waals surface area contributed by atoms with Crippen molar-refractivity contribution in [3.05, 3.63) is 77.0 Å². The molecule has 2 aliphatic heterocycles. The summed E-state index contributed by atoms with van der Waals surface area (Å²) in [5, 5.41) is 5.57. The van der Waals surface area contributed by atoms with Gasteiger partial charge in [-0.2, -0.15) is 0 Å². The average Bonchev–Trinajstić information content (AvgIpc) is 2.94. The highest BCUT2D eigenvalue weighted by atomic mass is 16.5. The molecule has 2 N–H and O–H groups in total. The molecule has 26 heavy (non-hydrogen) atoms. The molecule has 0 bridgehead atoms. The van der Waals surface area contributed by atoms with E-state index < -0.39 is 6.04 Å². The van der Waals surface area contributed by atoms with Crippen LogP contribution in [0.15, 0.2) is 65.9 Å². The first-order valence-electron chi connectivity index (χ1n) is 8.44. The molecule has 0 aromatic heterocycles. The summed E-state index contributed by atoms with van der Waals surface area (Å²) in [6.07, 6.45) is 0. The Morgan fingerprint density at radius 2 is 1.81 bits per heavy atom. The maximum atomic E-state index is 12.4. The highest BCUT2D eigenvalue weighted by Gasteiger charge is 2.38. The van der Waals surface area contributed by atoms with E-state index in [1.807, 2.05) is 54.6 Å². The van der Waals surface area contributed by atoms with E-state index >= 15 is 0 Å². The van der Waals surface area contributed by atoms with Crippen LogP contribution in [-0.2, 0) is 11.4 Å². The van der Waals surface area contributed by atoms with Gasteiger partial charge in [-0.05, 0) is 23.3 Å². The second-order valence-corrected chi connectivity index (χ2v) is 6.43. The summed E-state index contributed by atoms with van der Waals surface area (Å²) in [4.78, 5) is 25.9. The molecule has 0 saturated heterocycles. The van der Waals surface area contributed by atoms with E-state index in [-0.39, 0.29) is 11.9 Å². The van der Waals surface area contributed by atoms with Crippen molar-refractivity contribution < 1.29 is 14.3 Å². The molecule has 6 nitrogen and oxygen atoms in total. The van der Waals surface area contributed by atoms with Crippen molar-refractivity contribution in [1.29, 1.82) is 0 Å². The fourth-order valence-electron chi connectivity index (χ4n) is 3.26. The zero-order chi connectivity index (χ0) is 18.1. The van der Waals surface area contributed by atoms with Crippen LogP contribution >= 0.6 is 0 Å². The van der Waals surface area contributed by atoms with E-state index in [0.717, 1.165) is 16.9 Å². The first-order chi connectivity index (χ1) is 12.6. The van der Waals surface area contributed by atoms with Gasteiger partial charge in [-0.3, -0.25) is 4.79 Å². The molecule has 2 aromatic carbocycles. The van der Waals surface area contributed by atoms with Crippen LogP contribution in [0.2, 0.25) is 0 Å². The predicted molar refractivity (Wildman–Crippen MR) is 96.3 cm³/mol. The highest BCUT2D eigenvalue weighted by Crippen LogP contribution is 2.32. The van der Waals surface area contributed by atoms with E-state index in [1.54, 1.807) is 11.9 Å². The van der Waals surface area contributed by atoms with E-state index in [4.69, 9.17) is 4.74 Å². The van der Waals surface area contributed by atoms with E-state index in [1.165, 1.54) is 0 Å². The summed E-state index contributed by atoms with van der Waals surface area (Å²) >= 11 is 0. The maximum Gasteiger partial charge on any atom is 0.319 e. The number of carbonyl (C=O) groups is 2. The lowest BCUT2D eigenvalue weighted by molar-refractivity contribution is -0.124. The highest BCUT2D eigenvalue weighted by molar-refractivity contribution is 6.01. The van der Waals surface area contributed by atoms with Gasteiger partial charge in [0.05, 0.1) is 23.9 Å². The van der Waals surface area contributed by atoms with Crippen LogP contribution < -0.4 is 15.4 Å². The zero-order valence-electron chi connectivity index (χ0n) is 14.4. The summed E-state index contributed by atoms with van der Waals surface area (Å²) in [6.45, 7) is 0.916. The molecule has 6 heteroatoms. The van der Waals surface area contributed by atoms with Gasteiger partial charge in [-0.1, -0.05) is 42.5 Å². The minimum atomic E-state index is -0.445. The number of carbonyl (C=O) groups excluding carboxylic acids is 2. The molecule has 132 valence electrons. The number of benzene rings is 2. The van der Waals surface area contributed by atoms with Crippen LogP contribution in [0.5, 0.6) is 5.75 Å². The molecule has 0 spiro atoms. The third-order valence-electron chi connectivity index (χ3n) is 4.59. The summed E-state index contributed by atoms with van der Waals surface area (Å²) in [5.41, 5.74) is 3.22. The predicted octanol–water partition coefficient (Wildman–Crippen LogP) is 2.35. The number of nitrogens with zero attached hydrogens (tertiary/aromatic N) is 1. The molecule has 0 fully saturated rings. The molecule has 0 saturated carbocycles. The van der Waals surface area contributed by atoms with Crippen molar-refractivity contribution in [2.75, 3.05) is 13.6 Å². The van der Waals surface area contributed by atoms with Gasteiger partial charge in [0.1, 0.15) is 12.4 Å². The Labute approximate surface area is 151 Å². The van der Waals surface area contributed by atoms with Crippen molar-refractivity contribution in [1.82, 2.24) is 15.5 Å². The molecule has 1 atom stereocenters. The average molecular weight is 349 g/mol. The topological polar surface area (TPSA) is 70.7 Å². The standard InChI is InChI=1S/C20H19N3O3/c1-23-11-16-17(19(23)24)18(22-20(25)21-16)14-7-9-15(10-8-14)26-12-13-5-3-2-4-6-13/h2-10,18H,11-12H2,1H3,(H2,21,22,25)/t18-/m0/s1. The Bertz CT molecular complexity index is 875. The van der Waals surface area contributed by atoms with E-state index in [0.29, 0.717) is 24.4 Å². The van der Waals surface area contributed by atoms with Gasteiger partial charge in [-0.25, -0.2) is 4.79 Å². The van der Waals surface area contributed by atoms with Gasteiger partial charge in [0.2, 0.25) is 0 Å². The molecular formula is C20H19N3O3. The van der Waals surface area contributed by atoms with Crippen molar-refractivity contribution in [2.24, 2.45) is 0 Å². The van der Waals surface area contributed by atoms with Crippen molar-refractivity contribution in [3.63, 3.8) is 0 Å². The number of rotatable bonds is 4. The lowest BCUT2D eigenvalue weighted by Crippen LogP contribution is -2.44. The molecule has 0 aliphatic carbocycles. The van der Waals surface area contributed by atoms with Gasteiger partial charge in [-0.15, -0.1) is 0 Å². The lowest BCUT2D eigenvalue weighted by atomic mass is 9.96. The van der Waals surface area contributed by atoms with Crippen LogP contribution in [0.3, 0.4) is 0 Å². The fraction of sp³-hybridized carbons (Fsp3) is 0.200. The van der Waals surface area contributed by atoms with Gasteiger partial charge in [0.25, 0.3) is 5.91 Å². The Hall–Kier alpha value is -3.28. The van der Waals surface area contributed by atoms with Crippen LogP contribution in [0, 0.1) is 0 Å². The fourth-order valence-corrected chi connectivity index (χ4v) is 3.26. The number of hydrogen-bond acceptors (Lipinski definition) is 3. The van der Waals surface area contributed by atoms with Gasteiger partial charge in [0.15, 0.2) is 0 Å². The second-order valence-electron chi connectivity index (χ2n) is 6.43. The van der Waals surface area contributed by atoms with Gasteiger partial charge >= 0.3 is 6.03 Å². The Morgan fingerprint density at radius 1 is 1.08 bits per heavy atom. The molecule has 4 rings (SSSR count). The summed E-state index contributed by atoms with van der Waals surface area (Å²) < 4.78 is 5.79. The monoisotopic (exact) mass is 349 g/mol. The van der Waals surface area contributed by atoms with Gasteiger partial charge < -0.3 is 20.3 Å². The first-order valence-corrected chi connectivity index (χ1v) is 8.44. The summed E-state index contributed by atoms with van der Waals surface area (Å²) in [5.74, 6) is 0.670. The van der Waals surface area contributed by atoms with Crippen molar-refractivity contribution in [3.8, 4) is 5.75 Å². The summed E-state index contributed by atoms with van der Waals surface area (Å²) in [6, 6.07) is 16.7. The third kappa shape index (κ3) is 3.01. The van der Waals surface area contributed by atoms with Crippen molar-refractivity contribution in [2.45, 2.75) is 12.6 Å². The van der Waals surface area contributed by atoms with Crippen LogP contribution in [0.25, 0.3) is 0 Å². The minimum absolute atomic E-state index is 0.0677. The second kappa shape index (κ2) is 6.55. The Morgan fingerprint density at radius 3 is 2.54 bits per heavy atom. The normalized spacial score (nSPS) is 19.1. The number of amides is 3. The summed E-state index contributed by atoms with van der Waals surface area (Å²) in [7, 11) is 1.73.